The third-order valence-electron chi connectivity index (χ3n) is 4.64. The Morgan fingerprint density at radius 3 is 2.38 bits per heavy atom. The number of benzene rings is 1. The molecule has 5 rings (SSSR count). The van der Waals surface area contributed by atoms with E-state index >= 15 is 0 Å². The number of carbonyl (C=O) groups is 1. The molecule has 4 aliphatic carbocycles. The van der Waals surface area contributed by atoms with Gasteiger partial charge in [0.05, 0.1) is 0 Å². The lowest BCUT2D eigenvalue weighted by molar-refractivity contribution is 0.0817. The van der Waals surface area contributed by atoms with Crippen LogP contribution in [0.4, 0.5) is 0 Å². The monoisotopic (exact) mass is 210 g/mol. The number of rotatable bonds is 0. The summed E-state index contributed by atoms with van der Waals surface area (Å²) >= 11 is 0. The first-order valence-corrected chi connectivity index (χ1v) is 6.18. The Balaban J connectivity index is 1.94. The van der Waals surface area contributed by atoms with Crippen LogP contribution in [0, 0.1) is 17.8 Å². The van der Waals surface area contributed by atoms with Gasteiger partial charge < -0.3 is 0 Å². The molecule has 80 valence electrons. The summed E-state index contributed by atoms with van der Waals surface area (Å²) in [7, 11) is 0. The fourth-order valence-corrected chi connectivity index (χ4v) is 3.97. The third kappa shape index (κ3) is 0.897. The van der Waals surface area contributed by atoms with Gasteiger partial charge in [-0.2, -0.15) is 0 Å². The maximum Gasteiger partial charge on any atom is 0.167 e. The van der Waals surface area contributed by atoms with Gasteiger partial charge in [-0.05, 0) is 30.2 Å². The lowest BCUT2D eigenvalue weighted by Crippen LogP contribution is -2.35. The van der Waals surface area contributed by atoms with Crippen LogP contribution in [0.25, 0.3) is 0 Å². The standard InChI is InChI=1S/C15H14O/c16-15-12-4-2-1-3-11(12)13-9-5-7-10(8-6-9)14(13)15/h1-5,7,9-10,13-14H,6,8H2. The molecule has 0 radical (unpaired) electrons. The van der Waals surface area contributed by atoms with E-state index in [0.717, 1.165) is 5.56 Å². The number of hydrogen-bond acceptors (Lipinski definition) is 1. The number of Topliss-reactive ketones (excluding diaryl/α,β-unsaturated/α-hetero) is 1. The van der Waals surface area contributed by atoms with Crippen molar-refractivity contribution in [3.05, 3.63) is 47.5 Å². The van der Waals surface area contributed by atoms with Crippen LogP contribution in [0.15, 0.2) is 36.4 Å². The van der Waals surface area contributed by atoms with Gasteiger partial charge in [-0.1, -0.05) is 36.4 Å². The quantitative estimate of drug-likeness (QED) is 0.601. The highest BCUT2D eigenvalue weighted by molar-refractivity contribution is 6.03. The van der Waals surface area contributed by atoms with Crippen molar-refractivity contribution < 1.29 is 4.79 Å². The molecule has 0 aliphatic heterocycles. The van der Waals surface area contributed by atoms with Crippen molar-refractivity contribution in [1.82, 2.24) is 0 Å². The molecular weight excluding hydrogens is 196 g/mol. The zero-order valence-corrected chi connectivity index (χ0v) is 9.10. The van der Waals surface area contributed by atoms with Crippen LogP contribution < -0.4 is 0 Å². The zero-order chi connectivity index (χ0) is 10.7. The van der Waals surface area contributed by atoms with Crippen molar-refractivity contribution >= 4 is 5.78 Å². The smallest absolute Gasteiger partial charge is 0.167 e. The molecule has 4 atom stereocenters. The van der Waals surface area contributed by atoms with E-state index in [-0.39, 0.29) is 5.92 Å². The highest BCUT2D eigenvalue weighted by atomic mass is 16.1. The predicted octanol–water partition coefficient (Wildman–Crippen LogP) is 3.18. The van der Waals surface area contributed by atoms with Gasteiger partial charge in [-0.25, -0.2) is 0 Å². The molecule has 0 aromatic heterocycles. The van der Waals surface area contributed by atoms with Crippen LogP contribution in [0.5, 0.6) is 0 Å². The van der Waals surface area contributed by atoms with E-state index in [1.807, 2.05) is 12.1 Å². The van der Waals surface area contributed by atoms with Gasteiger partial charge in [0, 0.05) is 17.4 Å². The molecule has 1 aromatic carbocycles. The molecule has 1 fully saturated rings. The second-order valence-corrected chi connectivity index (χ2v) is 5.29. The van der Waals surface area contributed by atoms with Gasteiger partial charge in [0.2, 0.25) is 0 Å². The van der Waals surface area contributed by atoms with Gasteiger partial charge >= 0.3 is 0 Å². The first kappa shape index (κ1) is 8.74. The molecule has 1 saturated carbocycles. The van der Waals surface area contributed by atoms with Gasteiger partial charge in [0.1, 0.15) is 0 Å². The predicted molar refractivity (Wildman–Crippen MR) is 62.4 cm³/mol. The van der Waals surface area contributed by atoms with E-state index < -0.39 is 0 Å². The van der Waals surface area contributed by atoms with Crippen LogP contribution in [0.3, 0.4) is 0 Å². The Labute approximate surface area is 95.2 Å². The fraction of sp³-hybridized carbons (Fsp3) is 0.400. The number of carbonyl (C=O) groups excluding carboxylic acids is 1. The summed E-state index contributed by atoms with van der Waals surface area (Å²) in [5, 5.41) is 0. The van der Waals surface area contributed by atoms with Crippen LogP contribution >= 0.6 is 0 Å². The summed E-state index contributed by atoms with van der Waals surface area (Å²) in [4.78, 5) is 12.4. The molecule has 1 nitrogen and oxygen atoms in total. The molecule has 2 bridgehead atoms. The fourth-order valence-electron chi connectivity index (χ4n) is 3.97. The second-order valence-electron chi connectivity index (χ2n) is 5.29. The maximum atomic E-state index is 12.4. The minimum Gasteiger partial charge on any atom is -0.294 e. The molecule has 0 heterocycles. The van der Waals surface area contributed by atoms with E-state index in [1.165, 1.54) is 18.4 Å². The van der Waals surface area contributed by atoms with Crippen molar-refractivity contribution in [2.24, 2.45) is 17.8 Å². The molecule has 16 heavy (non-hydrogen) atoms. The van der Waals surface area contributed by atoms with E-state index in [4.69, 9.17) is 0 Å². The van der Waals surface area contributed by atoms with Gasteiger partial charge in [-0.3, -0.25) is 4.79 Å². The van der Waals surface area contributed by atoms with Crippen LogP contribution in [-0.4, -0.2) is 5.78 Å². The Morgan fingerprint density at radius 2 is 1.62 bits per heavy atom. The lowest BCUT2D eigenvalue weighted by Gasteiger charge is -2.40. The van der Waals surface area contributed by atoms with Gasteiger partial charge in [0.25, 0.3) is 0 Å². The van der Waals surface area contributed by atoms with E-state index in [1.54, 1.807) is 0 Å². The maximum absolute atomic E-state index is 12.4. The molecule has 0 N–H and O–H groups in total. The summed E-state index contributed by atoms with van der Waals surface area (Å²) in [5.74, 6) is 2.28. The number of allylic oxidation sites excluding steroid dienone is 2. The number of fused-ring (bicyclic) bond motifs is 2. The number of hydrogen-bond donors (Lipinski definition) is 0. The SMILES string of the molecule is O=C1c2ccccc2C2C3C=CC(CC3)C12. The van der Waals surface area contributed by atoms with Crippen molar-refractivity contribution in [1.29, 1.82) is 0 Å². The summed E-state index contributed by atoms with van der Waals surface area (Å²) in [6, 6.07) is 8.23. The summed E-state index contributed by atoms with van der Waals surface area (Å²) < 4.78 is 0. The molecule has 0 spiro atoms. The summed E-state index contributed by atoms with van der Waals surface area (Å²) in [6.45, 7) is 0. The molecule has 0 saturated heterocycles. The first-order chi connectivity index (χ1) is 7.86. The molecular formula is C15H14O. The number of ketones is 1. The van der Waals surface area contributed by atoms with Crippen LogP contribution in [0.1, 0.15) is 34.7 Å². The van der Waals surface area contributed by atoms with E-state index in [9.17, 15) is 4.79 Å². The average molecular weight is 210 g/mol. The van der Waals surface area contributed by atoms with Crippen LogP contribution in [-0.2, 0) is 0 Å². The largest absolute Gasteiger partial charge is 0.294 e. The Bertz CT molecular complexity index is 500. The molecule has 4 aliphatic rings. The molecule has 1 aromatic rings. The van der Waals surface area contributed by atoms with E-state index in [0.29, 0.717) is 23.5 Å². The van der Waals surface area contributed by atoms with Crippen molar-refractivity contribution in [2.45, 2.75) is 18.8 Å². The summed E-state index contributed by atoms with van der Waals surface area (Å²) in [6.07, 6.45) is 7.12. The third-order valence-corrected chi connectivity index (χ3v) is 4.64. The van der Waals surface area contributed by atoms with E-state index in [2.05, 4.69) is 24.3 Å². The van der Waals surface area contributed by atoms with Gasteiger partial charge in [0.15, 0.2) is 5.78 Å². The van der Waals surface area contributed by atoms with Gasteiger partial charge in [-0.15, -0.1) is 0 Å². The lowest BCUT2D eigenvalue weighted by atomic mass is 9.62. The Hall–Kier alpha value is -1.37. The molecule has 0 amide bonds. The topological polar surface area (TPSA) is 17.1 Å². The van der Waals surface area contributed by atoms with Crippen molar-refractivity contribution in [3.8, 4) is 0 Å². The highest BCUT2D eigenvalue weighted by Crippen LogP contribution is 2.55. The summed E-state index contributed by atoms with van der Waals surface area (Å²) in [5.41, 5.74) is 2.31. The minimum atomic E-state index is 0.265. The minimum absolute atomic E-state index is 0.265. The first-order valence-electron chi connectivity index (χ1n) is 6.18. The van der Waals surface area contributed by atoms with Crippen molar-refractivity contribution in [3.63, 3.8) is 0 Å². The molecule has 4 unspecified atom stereocenters. The molecule has 1 heteroatoms. The Morgan fingerprint density at radius 1 is 0.938 bits per heavy atom. The highest BCUT2D eigenvalue weighted by Gasteiger charge is 2.50. The normalized spacial score (nSPS) is 38.6. The zero-order valence-electron chi connectivity index (χ0n) is 9.10. The second kappa shape index (κ2) is 2.85. The average Bonchev–Trinajstić information content (AvgIpc) is 2.68. The van der Waals surface area contributed by atoms with Crippen LogP contribution in [0.2, 0.25) is 0 Å². The Kier molecular flexibility index (Phi) is 1.56. The van der Waals surface area contributed by atoms with Crippen molar-refractivity contribution in [2.75, 3.05) is 0 Å².